The second kappa shape index (κ2) is 4.13. The number of hydrogen-bond acceptors (Lipinski definition) is 2. The Morgan fingerprint density at radius 2 is 2.33 bits per heavy atom. The topological polar surface area (TPSA) is 40.7 Å². The fourth-order valence-electron chi connectivity index (χ4n) is 1.40. The number of H-pyrrole nitrogens is 1. The van der Waals surface area contributed by atoms with Crippen molar-refractivity contribution in [3.05, 3.63) is 47.8 Å². The number of hydrogen-bond donors (Lipinski definition) is 2. The maximum absolute atomic E-state index is 12.8. The molecule has 1 aromatic carbocycles. The molecule has 2 rings (SSSR count). The quantitative estimate of drug-likeness (QED) is 0.808. The van der Waals surface area contributed by atoms with Crippen LogP contribution in [0.15, 0.2) is 30.6 Å². The molecule has 0 aliphatic heterocycles. The van der Waals surface area contributed by atoms with E-state index < -0.39 is 0 Å². The Hall–Kier alpha value is -1.84. The van der Waals surface area contributed by atoms with Crippen molar-refractivity contribution in [2.24, 2.45) is 0 Å². The Morgan fingerprint density at radius 1 is 1.47 bits per heavy atom. The number of aryl methyl sites for hydroxylation is 1. The molecule has 2 aromatic rings. The maximum Gasteiger partial charge on any atom is 0.125 e. The molecule has 0 bridgehead atoms. The van der Waals surface area contributed by atoms with Gasteiger partial charge in [0.05, 0.1) is 6.54 Å². The van der Waals surface area contributed by atoms with Crippen LogP contribution in [0, 0.1) is 12.7 Å². The number of rotatable bonds is 3. The van der Waals surface area contributed by atoms with E-state index in [2.05, 4.69) is 15.3 Å². The van der Waals surface area contributed by atoms with Crippen LogP contribution in [-0.4, -0.2) is 9.97 Å². The molecule has 0 saturated heterocycles. The van der Waals surface area contributed by atoms with E-state index in [1.807, 2.05) is 6.92 Å². The Bertz CT molecular complexity index is 437. The third kappa shape index (κ3) is 2.34. The molecule has 4 heteroatoms. The van der Waals surface area contributed by atoms with Gasteiger partial charge >= 0.3 is 0 Å². The molecule has 0 atom stereocenters. The summed E-state index contributed by atoms with van der Waals surface area (Å²) in [6.45, 7) is 2.48. The summed E-state index contributed by atoms with van der Waals surface area (Å²) in [5.41, 5.74) is 1.81. The van der Waals surface area contributed by atoms with Crippen LogP contribution >= 0.6 is 0 Å². The predicted molar refractivity (Wildman–Crippen MR) is 57.1 cm³/mol. The first kappa shape index (κ1) is 9.71. The highest BCUT2D eigenvalue weighted by Crippen LogP contribution is 2.15. The summed E-state index contributed by atoms with van der Waals surface area (Å²) in [7, 11) is 0. The van der Waals surface area contributed by atoms with Crippen molar-refractivity contribution in [1.29, 1.82) is 0 Å². The maximum atomic E-state index is 12.8. The van der Waals surface area contributed by atoms with Crippen molar-refractivity contribution in [3.63, 3.8) is 0 Å². The number of nitrogens with one attached hydrogen (secondary N) is 2. The van der Waals surface area contributed by atoms with Gasteiger partial charge in [0, 0.05) is 18.1 Å². The summed E-state index contributed by atoms with van der Waals surface area (Å²) in [6, 6.07) is 4.68. The molecule has 1 heterocycles. The molecule has 0 spiro atoms. The van der Waals surface area contributed by atoms with Gasteiger partial charge in [0.15, 0.2) is 0 Å². The minimum Gasteiger partial charge on any atom is -0.378 e. The minimum atomic E-state index is -0.212. The van der Waals surface area contributed by atoms with Crippen LogP contribution < -0.4 is 5.32 Å². The average molecular weight is 205 g/mol. The zero-order valence-electron chi connectivity index (χ0n) is 8.42. The fraction of sp³-hybridized carbons (Fsp3) is 0.182. The molecule has 0 amide bonds. The lowest BCUT2D eigenvalue weighted by Gasteiger charge is -2.07. The molecule has 0 radical (unpaired) electrons. The smallest absolute Gasteiger partial charge is 0.125 e. The Labute approximate surface area is 87.4 Å². The van der Waals surface area contributed by atoms with Gasteiger partial charge in [0.1, 0.15) is 11.6 Å². The highest BCUT2D eigenvalue weighted by molar-refractivity contribution is 5.50. The zero-order valence-corrected chi connectivity index (χ0v) is 8.42. The van der Waals surface area contributed by atoms with Gasteiger partial charge in [0.25, 0.3) is 0 Å². The number of aromatic amines is 1. The van der Waals surface area contributed by atoms with Crippen LogP contribution in [0.3, 0.4) is 0 Å². The van der Waals surface area contributed by atoms with E-state index in [1.54, 1.807) is 18.5 Å². The van der Waals surface area contributed by atoms with E-state index in [0.29, 0.717) is 6.54 Å². The normalized spacial score (nSPS) is 10.3. The van der Waals surface area contributed by atoms with E-state index in [-0.39, 0.29) is 5.82 Å². The second-order valence-electron chi connectivity index (χ2n) is 3.35. The highest BCUT2D eigenvalue weighted by atomic mass is 19.1. The first-order valence-corrected chi connectivity index (χ1v) is 4.74. The SMILES string of the molecule is Cc1cc(F)ccc1NCc1ncc[nH]1. The second-order valence-corrected chi connectivity index (χ2v) is 3.35. The van der Waals surface area contributed by atoms with Crippen LogP contribution in [0.5, 0.6) is 0 Å². The number of aromatic nitrogens is 2. The fourth-order valence-corrected chi connectivity index (χ4v) is 1.40. The first-order valence-electron chi connectivity index (χ1n) is 4.74. The van der Waals surface area contributed by atoms with E-state index in [1.165, 1.54) is 12.1 Å². The zero-order chi connectivity index (χ0) is 10.7. The van der Waals surface area contributed by atoms with E-state index in [9.17, 15) is 4.39 Å². The number of halogens is 1. The molecule has 0 fully saturated rings. The largest absolute Gasteiger partial charge is 0.378 e. The summed E-state index contributed by atoms with van der Waals surface area (Å²) < 4.78 is 12.8. The summed E-state index contributed by atoms with van der Waals surface area (Å²) in [5.74, 6) is 0.648. The molecule has 2 N–H and O–H groups in total. The van der Waals surface area contributed by atoms with Gasteiger partial charge in [-0.3, -0.25) is 0 Å². The third-order valence-corrected chi connectivity index (χ3v) is 2.19. The number of benzene rings is 1. The molecular weight excluding hydrogens is 193 g/mol. The molecule has 0 unspecified atom stereocenters. The average Bonchev–Trinajstić information content (AvgIpc) is 2.69. The molecule has 15 heavy (non-hydrogen) atoms. The van der Waals surface area contributed by atoms with Crippen LogP contribution in [0.4, 0.5) is 10.1 Å². The van der Waals surface area contributed by atoms with Crippen LogP contribution in [0.2, 0.25) is 0 Å². The van der Waals surface area contributed by atoms with Crippen molar-refractivity contribution < 1.29 is 4.39 Å². The lowest BCUT2D eigenvalue weighted by atomic mass is 10.2. The van der Waals surface area contributed by atoms with Gasteiger partial charge in [-0.05, 0) is 30.7 Å². The Morgan fingerprint density at radius 3 is 3.00 bits per heavy atom. The van der Waals surface area contributed by atoms with E-state index >= 15 is 0 Å². The summed E-state index contributed by atoms with van der Waals surface area (Å²) >= 11 is 0. The summed E-state index contributed by atoms with van der Waals surface area (Å²) in [4.78, 5) is 7.08. The van der Waals surface area contributed by atoms with Gasteiger partial charge in [-0.15, -0.1) is 0 Å². The predicted octanol–water partition coefficient (Wildman–Crippen LogP) is 2.47. The Kier molecular flexibility index (Phi) is 2.67. The standard InChI is InChI=1S/C11H12FN3/c1-8-6-9(12)2-3-10(8)15-7-11-13-4-5-14-11/h2-6,15H,7H2,1H3,(H,13,14). The van der Waals surface area contributed by atoms with Crippen LogP contribution in [0.1, 0.15) is 11.4 Å². The van der Waals surface area contributed by atoms with Gasteiger partial charge in [-0.25, -0.2) is 9.37 Å². The van der Waals surface area contributed by atoms with Crippen molar-refractivity contribution in [2.45, 2.75) is 13.5 Å². The van der Waals surface area contributed by atoms with Crippen LogP contribution in [0.25, 0.3) is 0 Å². The number of imidazole rings is 1. The van der Waals surface area contributed by atoms with Gasteiger partial charge in [-0.1, -0.05) is 0 Å². The molecule has 0 aliphatic rings. The van der Waals surface area contributed by atoms with Crippen molar-refractivity contribution >= 4 is 5.69 Å². The molecule has 78 valence electrons. The Balaban J connectivity index is 2.05. The van der Waals surface area contributed by atoms with Gasteiger partial charge in [-0.2, -0.15) is 0 Å². The minimum absolute atomic E-state index is 0.212. The van der Waals surface area contributed by atoms with Crippen molar-refractivity contribution in [3.8, 4) is 0 Å². The van der Waals surface area contributed by atoms with Crippen LogP contribution in [-0.2, 0) is 6.54 Å². The van der Waals surface area contributed by atoms with Gasteiger partial charge in [0.2, 0.25) is 0 Å². The van der Waals surface area contributed by atoms with Crippen molar-refractivity contribution in [1.82, 2.24) is 9.97 Å². The summed E-state index contributed by atoms with van der Waals surface area (Å²) in [5, 5.41) is 3.18. The van der Waals surface area contributed by atoms with E-state index in [0.717, 1.165) is 17.1 Å². The molecule has 0 aliphatic carbocycles. The lowest BCUT2D eigenvalue weighted by Crippen LogP contribution is -2.02. The third-order valence-electron chi connectivity index (χ3n) is 2.19. The molecule has 1 aromatic heterocycles. The first-order chi connectivity index (χ1) is 7.25. The number of nitrogens with zero attached hydrogens (tertiary/aromatic N) is 1. The van der Waals surface area contributed by atoms with Gasteiger partial charge < -0.3 is 10.3 Å². The lowest BCUT2D eigenvalue weighted by molar-refractivity contribution is 0.627. The molecular formula is C11H12FN3. The highest BCUT2D eigenvalue weighted by Gasteiger charge is 2.00. The monoisotopic (exact) mass is 205 g/mol. The summed E-state index contributed by atoms with van der Waals surface area (Å²) in [6.07, 6.45) is 3.48. The van der Waals surface area contributed by atoms with E-state index in [4.69, 9.17) is 0 Å². The molecule has 3 nitrogen and oxygen atoms in total. The molecule has 0 saturated carbocycles. The number of anilines is 1. The van der Waals surface area contributed by atoms with Crippen molar-refractivity contribution in [2.75, 3.05) is 5.32 Å².